The Labute approximate surface area is 226 Å². The van der Waals surface area contributed by atoms with Crippen molar-refractivity contribution < 1.29 is 18.0 Å². The topological polar surface area (TPSA) is 86.8 Å². The van der Waals surface area contributed by atoms with Gasteiger partial charge in [-0.1, -0.05) is 65.7 Å². The van der Waals surface area contributed by atoms with Crippen molar-refractivity contribution in [3.63, 3.8) is 0 Å². The average Bonchev–Trinajstić information content (AvgIpc) is 2.85. The van der Waals surface area contributed by atoms with Gasteiger partial charge in [-0.3, -0.25) is 13.9 Å². The Morgan fingerprint density at radius 2 is 1.50 bits per heavy atom. The molecule has 0 aliphatic carbocycles. The zero-order valence-corrected chi connectivity index (χ0v) is 23.7. The van der Waals surface area contributed by atoms with Crippen molar-refractivity contribution >= 4 is 27.5 Å². The molecule has 1 N–H and O–H groups in total. The molecular formula is C30H37N3O4S. The van der Waals surface area contributed by atoms with Crippen LogP contribution in [0.5, 0.6) is 0 Å². The summed E-state index contributed by atoms with van der Waals surface area (Å²) in [7, 11) is -4.08. The van der Waals surface area contributed by atoms with E-state index in [1.54, 1.807) is 56.3 Å². The number of hydrogen-bond acceptors (Lipinski definition) is 4. The lowest BCUT2D eigenvalue weighted by molar-refractivity contribution is -0.139. The highest BCUT2D eigenvalue weighted by Gasteiger charge is 2.33. The number of rotatable bonds is 10. The summed E-state index contributed by atoms with van der Waals surface area (Å²) in [6, 6.07) is 20.4. The third-order valence-corrected chi connectivity index (χ3v) is 8.08. The number of carbonyl (C=O) groups is 2. The normalized spacial score (nSPS) is 12.2. The molecule has 0 fully saturated rings. The fraction of sp³-hybridized carbons (Fsp3) is 0.333. The highest BCUT2D eigenvalue weighted by Crippen LogP contribution is 2.27. The van der Waals surface area contributed by atoms with E-state index in [4.69, 9.17) is 0 Å². The molecule has 0 saturated carbocycles. The van der Waals surface area contributed by atoms with Gasteiger partial charge in [0, 0.05) is 12.6 Å². The van der Waals surface area contributed by atoms with Gasteiger partial charge < -0.3 is 10.2 Å². The standard InChI is InChI=1S/C30H37N3O4S/c1-21(2)31-30(35)25(6)32(19-26-12-9-10-23(4)18-26)29(34)20-33(28-13-8-7-11-24(28)5)38(36,37)27-16-14-22(3)15-17-27/h7-18,21,25H,19-20H2,1-6H3,(H,31,35)/t25-/m0/s1. The summed E-state index contributed by atoms with van der Waals surface area (Å²) < 4.78 is 28.9. The second-order valence-corrected chi connectivity index (χ2v) is 11.8. The van der Waals surface area contributed by atoms with Crippen molar-refractivity contribution in [1.29, 1.82) is 0 Å². The molecule has 3 aromatic carbocycles. The molecule has 0 spiro atoms. The summed E-state index contributed by atoms with van der Waals surface area (Å²) in [6.07, 6.45) is 0. The third kappa shape index (κ3) is 7.01. The van der Waals surface area contributed by atoms with Crippen LogP contribution < -0.4 is 9.62 Å². The van der Waals surface area contributed by atoms with E-state index in [0.717, 1.165) is 21.0 Å². The van der Waals surface area contributed by atoms with Gasteiger partial charge in [-0.2, -0.15) is 0 Å². The highest BCUT2D eigenvalue weighted by molar-refractivity contribution is 7.92. The second kappa shape index (κ2) is 12.3. The number of nitrogens with one attached hydrogen (secondary N) is 1. The Hall–Kier alpha value is -3.65. The molecular weight excluding hydrogens is 498 g/mol. The van der Waals surface area contributed by atoms with Gasteiger partial charge in [-0.15, -0.1) is 0 Å². The van der Waals surface area contributed by atoms with Crippen molar-refractivity contribution in [2.45, 2.75) is 65.1 Å². The first-order valence-electron chi connectivity index (χ1n) is 12.7. The van der Waals surface area contributed by atoms with Crippen LogP contribution >= 0.6 is 0 Å². The molecule has 0 radical (unpaired) electrons. The van der Waals surface area contributed by atoms with Crippen LogP contribution in [0.4, 0.5) is 5.69 Å². The molecule has 0 bridgehead atoms. The number of nitrogens with zero attached hydrogens (tertiary/aromatic N) is 2. The SMILES string of the molecule is Cc1ccc(S(=O)(=O)N(CC(=O)N(Cc2cccc(C)c2)[C@@H](C)C(=O)NC(C)C)c2ccccc2C)cc1. The molecule has 0 aliphatic heterocycles. The summed E-state index contributed by atoms with van der Waals surface area (Å²) in [6.45, 7) is 10.7. The molecule has 3 rings (SSSR count). The van der Waals surface area contributed by atoms with E-state index in [2.05, 4.69) is 5.32 Å². The first-order chi connectivity index (χ1) is 17.9. The van der Waals surface area contributed by atoms with Gasteiger partial charge >= 0.3 is 0 Å². The molecule has 38 heavy (non-hydrogen) atoms. The van der Waals surface area contributed by atoms with Crippen molar-refractivity contribution in [3.05, 3.63) is 95.1 Å². The molecule has 1 atom stereocenters. The Morgan fingerprint density at radius 3 is 2.11 bits per heavy atom. The zero-order chi connectivity index (χ0) is 28.0. The van der Waals surface area contributed by atoms with E-state index in [-0.39, 0.29) is 23.4 Å². The summed E-state index contributed by atoms with van der Waals surface area (Å²) in [5.41, 5.74) is 3.93. The van der Waals surface area contributed by atoms with Gasteiger partial charge in [0.1, 0.15) is 12.6 Å². The molecule has 202 valence electrons. The zero-order valence-electron chi connectivity index (χ0n) is 22.9. The maximum Gasteiger partial charge on any atom is 0.264 e. The number of hydrogen-bond donors (Lipinski definition) is 1. The van der Waals surface area contributed by atoms with E-state index < -0.39 is 28.5 Å². The Kier molecular flexibility index (Phi) is 9.33. The lowest BCUT2D eigenvalue weighted by atomic mass is 10.1. The second-order valence-electron chi connectivity index (χ2n) is 9.96. The predicted octanol–water partition coefficient (Wildman–Crippen LogP) is 4.75. The molecule has 8 heteroatoms. The fourth-order valence-corrected chi connectivity index (χ4v) is 5.67. The van der Waals surface area contributed by atoms with Gasteiger partial charge in [-0.25, -0.2) is 8.42 Å². The maximum absolute atomic E-state index is 13.9. The van der Waals surface area contributed by atoms with Crippen molar-refractivity contribution in [3.8, 4) is 0 Å². The van der Waals surface area contributed by atoms with Crippen LogP contribution in [-0.4, -0.2) is 43.8 Å². The molecule has 0 aliphatic rings. The fourth-order valence-electron chi connectivity index (χ4n) is 4.19. The minimum atomic E-state index is -4.08. The third-order valence-electron chi connectivity index (χ3n) is 6.31. The largest absolute Gasteiger partial charge is 0.352 e. The molecule has 0 heterocycles. The van der Waals surface area contributed by atoms with E-state index in [1.807, 2.05) is 58.0 Å². The van der Waals surface area contributed by atoms with Crippen LogP contribution in [0.15, 0.2) is 77.7 Å². The van der Waals surface area contributed by atoms with Crippen molar-refractivity contribution in [2.24, 2.45) is 0 Å². The van der Waals surface area contributed by atoms with Gasteiger partial charge in [0.15, 0.2) is 0 Å². The predicted molar refractivity (Wildman–Crippen MR) is 151 cm³/mol. The summed E-state index contributed by atoms with van der Waals surface area (Å²) >= 11 is 0. The molecule has 2 amide bonds. The number of amides is 2. The van der Waals surface area contributed by atoms with Crippen LogP contribution in [-0.2, 0) is 26.2 Å². The van der Waals surface area contributed by atoms with Crippen LogP contribution in [0.3, 0.4) is 0 Å². The van der Waals surface area contributed by atoms with Crippen LogP contribution in [0.2, 0.25) is 0 Å². The highest BCUT2D eigenvalue weighted by atomic mass is 32.2. The molecule has 0 unspecified atom stereocenters. The van der Waals surface area contributed by atoms with Gasteiger partial charge in [-0.05, 0) is 70.9 Å². The Balaban J connectivity index is 2.05. The number of sulfonamides is 1. The Bertz CT molecular complexity index is 1380. The van der Waals surface area contributed by atoms with Gasteiger partial charge in [0.25, 0.3) is 10.0 Å². The van der Waals surface area contributed by atoms with Crippen molar-refractivity contribution in [2.75, 3.05) is 10.8 Å². The quantitative estimate of drug-likeness (QED) is 0.406. The average molecular weight is 536 g/mol. The van der Waals surface area contributed by atoms with Gasteiger partial charge in [0.05, 0.1) is 10.6 Å². The molecule has 0 aromatic heterocycles. The minimum absolute atomic E-state index is 0.0926. The summed E-state index contributed by atoms with van der Waals surface area (Å²) in [4.78, 5) is 28.5. The lowest BCUT2D eigenvalue weighted by Gasteiger charge is -2.32. The monoisotopic (exact) mass is 535 g/mol. The first kappa shape index (κ1) is 28.9. The number of para-hydroxylation sites is 1. The number of aryl methyl sites for hydroxylation is 3. The summed E-state index contributed by atoms with van der Waals surface area (Å²) in [5.74, 6) is -0.776. The van der Waals surface area contributed by atoms with E-state index in [1.165, 1.54) is 4.90 Å². The van der Waals surface area contributed by atoms with Crippen molar-refractivity contribution in [1.82, 2.24) is 10.2 Å². The van der Waals surface area contributed by atoms with Crippen LogP contribution in [0, 0.1) is 20.8 Å². The smallest absolute Gasteiger partial charge is 0.264 e. The van der Waals surface area contributed by atoms with Gasteiger partial charge in [0.2, 0.25) is 11.8 Å². The van der Waals surface area contributed by atoms with E-state index >= 15 is 0 Å². The number of carbonyl (C=O) groups excluding carboxylic acids is 2. The van der Waals surface area contributed by atoms with Crippen LogP contribution in [0.1, 0.15) is 43.0 Å². The number of anilines is 1. The van der Waals surface area contributed by atoms with Crippen LogP contribution in [0.25, 0.3) is 0 Å². The lowest BCUT2D eigenvalue weighted by Crippen LogP contribution is -2.52. The summed E-state index contributed by atoms with van der Waals surface area (Å²) in [5, 5.41) is 2.87. The maximum atomic E-state index is 13.9. The van der Waals surface area contributed by atoms with E-state index in [9.17, 15) is 18.0 Å². The molecule has 0 saturated heterocycles. The molecule has 3 aromatic rings. The minimum Gasteiger partial charge on any atom is -0.352 e. The number of benzene rings is 3. The Morgan fingerprint density at radius 1 is 0.842 bits per heavy atom. The molecule has 7 nitrogen and oxygen atoms in total. The van der Waals surface area contributed by atoms with E-state index in [0.29, 0.717) is 11.3 Å². The first-order valence-corrected chi connectivity index (χ1v) is 14.1.